The summed E-state index contributed by atoms with van der Waals surface area (Å²) in [6.07, 6.45) is 2.59. The zero-order valence-electron chi connectivity index (χ0n) is 15.8. The summed E-state index contributed by atoms with van der Waals surface area (Å²) in [5.41, 5.74) is -0.0319. The Morgan fingerprint density at radius 2 is 2.00 bits per heavy atom. The molecule has 8 heteroatoms. The molecule has 0 bridgehead atoms. The number of aromatic nitrogens is 1. The maximum atomic E-state index is 13.1. The highest BCUT2D eigenvalue weighted by Gasteiger charge is 2.37. The zero-order valence-corrected chi connectivity index (χ0v) is 17.4. The highest BCUT2D eigenvalue weighted by molar-refractivity contribution is 7.15. The topological polar surface area (TPSA) is 71.5 Å². The van der Waals surface area contributed by atoms with Crippen LogP contribution in [0.15, 0.2) is 24.3 Å². The molecule has 2 aromatic rings. The SMILES string of the molecule is CC(C)(Oc1ccc(Cl)cc1)C(=O)N1CCc2nc(NC(=O)C3CC3)sc2C1. The quantitative estimate of drug-likeness (QED) is 0.798. The van der Waals surface area contributed by atoms with Gasteiger partial charge in [0.2, 0.25) is 5.91 Å². The third-order valence-corrected chi connectivity index (χ3v) is 6.15. The average Bonchev–Trinajstić information content (AvgIpc) is 3.43. The molecule has 1 aromatic heterocycles. The van der Waals surface area contributed by atoms with Crippen LogP contribution < -0.4 is 10.1 Å². The molecule has 1 aromatic carbocycles. The fraction of sp³-hybridized carbons (Fsp3) is 0.450. The van der Waals surface area contributed by atoms with Gasteiger partial charge in [0, 0.05) is 28.8 Å². The van der Waals surface area contributed by atoms with E-state index in [0.717, 1.165) is 23.4 Å². The van der Waals surface area contributed by atoms with Crippen molar-refractivity contribution in [1.29, 1.82) is 0 Å². The molecule has 0 spiro atoms. The normalized spacial score (nSPS) is 16.5. The van der Waals surface area contributed by atoms with E-state index < -0.39 is 5.60 Å². The minimum absolute atomic E-state index is 0.0523. The summed E-state index contributed by atoms with van der Waals surface area (Å²) in [5.74, 6) is 0.717. The lowest BCUT2D eigenvalue weighted by Gasteiger charge is -2.34. The van der Waals surface area contributed by atoms with Crippen LogP contribution in [0, 0.1) is 5.92 Å². The molecule has 1 aliphatic carbocycles. The van der Waals surface area contributed by atoms with Gasteiger partial charge in [-0.3, -0.25) is 9.59 Å². The third kappa shape index (κ3) is 4.15. The van der Waals surface area contributed by atoms with Gasteiger partial charge in [-0.1, -0.05) is 22.9 Å². The van der Waals surface area contributed by atoms with E-state index in [9.17, 15) is 9.59 Å². The minimum Gasteiger partial charge on any atom is -0.478 e. The molecule has 0 saturated heterocycles. The molecular formula is C20H22ClN3O3S. The van der Waals surface area contributed by atoms with Crippen molar-refractivity contribution in [2.45, 2.75) is 45.3 Å². The summed E-state index contributed by atoms with van der Waals surface area (Å²) in [4.78, 5) is 32.4. The van der Waals surface area contributed by atoms with Gasteiger partial charge < -0.3 is 15.0 Å². The molecule has 6 nitrogen and oxygen atoms in total. The fourth-order valence-corrected chi connectivity index (χ4v) is 4.35. The summed E-state index contributed by atoms with van der Waals surface area (Å²) < 4.78 is 5.93. The van der Waals surface area contributed by atoms with Crippen molar-refractivity contribution in [3.8, 4) is 5.75 Å². The summed E-state index contributed by atoms with van der Waals surface area (Å²) in [5, 5.41) is 4.15. The Balaban J connectivity index is 1.42. The zero-order chi connectivity index (χ0) is 19.9. The van der Waals surface area contributed by atoms with Crippen molar-refractivity contribution >= 4 is 39.9 Å². The van der Waals surface area contributed by atoms with Gasteiger partial charge in [0.1, 0.15) is 5.75 Å². The van der Waals surface area contributed by atoms with Gasteiger partial charge in [0.15, 0.2) is 10.7 Å². The predicted molar refractivity (Wildman–Crippen MR) is 109 cm³/mol. The van der Waals surface area contributed by atoms with Crippen LogP contribution in [-0.2, 0) is 22.6 Å². The highest BCUT2D eigenvalue weighted by Crippen LogP contribution is 2.33. The first-order valence-electron chi connectivity index (χ1n) is 9.35. The number of nitrogens with zero attached hydrogens (tertiary/aromatic N) is 2. The van der Waals surface area contributed by atoms with Gasteiger partial charge in [-0.25, -0.2) is 4.98 Å². The molecule has 1 N–H and O–H groups in total. The van der Waals surface area contributed by atoms with E-state index in [1.165, 1.54) is 11.3 Å². The second-order valence-electron chi connectivity index (χ2n) is 7.70. The molecular weight excluding hydrogens is 398 g/mol. The number of ether oxygens (including phenoxy) is 1. The van der Waals surface area contributed by atoms with Crippen molar-refractivity contribution in [3.63, 3.8) is 0 Å². The fourth-order valence-electron chi connectivity index (χ4n) is 3.20. The number of nitrogens with one attached hydrogen (secondary N) is 1. The van der Waals surface area contributed by atoms with E-state index in [0.29, 0.717) is 35.4 Å². The van der Waals surface area contributed by atoms with E-state index in [1.54, 1.807) is 43.0 Å². The lowest BCUT2D eigenvalue weighted by Crippen LogP contribution is -2.50. The first-order valence-corrected chi connectivity index (χ1v) is 10.5. The number of fused-ring (bicyclic) bond motifs is 1. The molecule has 2 heterocycles. The van der Waals surface area contributed by atoms with Crippen molar-refractivity contribution in [2.75, 3.05) is 11.9 Å². The smallest absolute Gasteiger partial charge is 0.266 e. The Bertz CT molecular complexity index is 906. The van der Waals surface area contributed by atoms with Gasteiger partial charge in [-0.05, 0) is 51.0 Å². The van der Waals surface area contributed by atoms with E-state index in [1.807, 2.05) is 0 Å². The van der Waals surface area contributed by atoms with Crippen LogP contribution in [0.5, 0.6) is 5.75 Å². The number of amides is 2. The van der Waals surface area contributed by atoms with Gasteiger partial charge >= 0.3 is 0 Å². The van der Waals surface area contributed by atoms with Gasteiger partial charge in [-0.2, -0.15) is 0 Å². The number of carbonyl (C=O) groups is 2. The van der Waals surface area contributed by atoms with Crippen LogP contribution in [0.4, 0.5) is 5.13 Å². The monoisotopic (exact) mass is 419 g/mol. The molecule has 2 amide bonds. The maximum Gasteiger partial charge on any atom is 0.266 e. The van der Waals surface area contributed by atoms with Crippen molar-refractivity contribution in [3.05, 3.63) is 39.9 Å². The largest absolute Gasteiger partial charge is 0.478 e. The van der Waals surface area contributed by atoms with Crippen LogP contribution in [-0.4, -0.2) is 33.8 Å². The first kappa shape index (κ1) is 19.2. The average molecular weight is 420 g/mol. The van der Waals surface area contributed by atoms with Crippen LogP contribution in [0.25, 0.3) is 0 Å². The number of thiazole rings is 1. The minimum atomic E-state index is -1.00. The van der Waals surface area contributed by atoms with Crippen molar-refractivity contribution < 1.29 is 14.3 Å². The number of benzene rings is 1. The standard InChI is InChI=1S/C20H22ClN3O3S/c1-20(2,27-14-7-5-13(21)6-8-14)18(26)24-10-9-15-16(11-24)28-19(22-15)23-17(25)12-3-4-12/h5-8,12H,3-4,9-11H2,1-2H3,(H,22,23,25). The molecule has 2 aliphatic rings. The number of rotatable bonds is 5. The molecule has 1 fully saturated rings. The highest BCUT2D eigenvalue weighted by atomic mass is 35.5. The molecule has 0 radical (unpaired) electrons. The van der Waals surface area contributed by atoms with Crippen LogP contribution in [0.1, 0.15) is 37.3 Å². The van der Waals surface area contributed by atoms with E-state index in [-0.39, 0.29) is 17.7 Å². The van der Waals surface area contributed by atoms with Crippen LogP contribution >= 0.6 is 22.9 Å². The number of hydrogen-bond donors (Lipinski definition) is 1. The molecule has 148 valence electrons. The van der Waals surface area contributed by atoms with Crippen LogP contribution in [0.2, 0.25) is 5.02 Å². The summed E-state index contributed by atoms with van der Waals surface area (Å²) >= 11 is 7.36. The Kier molecular flexibility index (Phi) is 5.05. The Morgan fingerprint density at radius 1 is 1.29 bits per heavy atom. The molecule has 4 rings (SSSR count). The molecule has 1 saturated carbocycles. The maximum absolute atomic E-state index is 13.1. The van der Waals surface area contributed by atoms with E-state index in [2.05, 4.69) is 10.3 Å². The van der Waals surface area contributed by atoms with Crippen LogP contribution in [0.3, 0.4) is 0 Å². The predicted octanol–water partition coefficient (Wildman–Crippen LogP) is 3.89. The molecule has 28 heavy (non-hydrogen) atoms. The number of halogens is 1. The Hall–Kier alpha value is -2.12. The van der Waals surface area contributed by atoms with Crippen molar-refractivity contribution in [2.24, 2.45) is 5.92 Å². The van der Waals surface area contributed by atoms with E-state index >= 15 is 0 Å². The first-order chi connectivity index (χ1) is 13.3. The van der Waals surface area contributed by atoms with E-state index in [4.69, 9.17) is 16.3 Å². The third-order valence-electron chi connectivity index (χ3n) is 4.90. The summed E-state index contributed by atoms with van der Waals surface area (Å²) in [6, 6.07) is 6.98. The number of anilines is 1. The Morgan fingerprint density at radius 3 is 2.68 bits per heavy atom. The number of carbonyl (C=O) groups excluding carboxylic acids is 2. The second-order valence-corrected chi connectivity index (χ2v) is 9.22. The number of hydrogen-bond acceptors (Lipinski definition) is 5. The van der Waals surface area contributed by atoms with Gasteiger partial charge in [0.25, 0.3) is 5.91 Å². The molecule has 0 unspecified atom stereocenters. The second kappa shape index (κ2) is 7.37. The molecule has 1 aliphatic heterocycles. The molecule has 0 atom stereocenters. The Labute approximate surface area is 172 Å². The van der Waals surface area contributed by atoms with Gasteiger partial charge in [-0.15, -0.1) is 0 Å². The lowest BCUT2D eigenvalue weighted by molar-refractivity contribution is -0.146. The van der Waals surface area contributed by atoms with Gasteiger partial charge in [0.05, 0.1) is 12.2 Å². The van der Waals surface area contributed by atoms with Crippen molar-refractivity contribution in [1.82, 2.24) is 9.88 Å². The lowest BCUT2D eigenvalue weighted by atomic mass is 10.1. The summed E-state index contributed by atoms with van der Waals surface area (Å²) in [7, 11) is 0. The summed E-state index contributed by atoms with van der Waals surface area (Å²) in [6.45, 7) is 4.61.